The van der Waals surface area contributed by atoms with E-state index >= 15 is 0 Å². The number of nitrogens with one attached hydrogen (secondary N) is 2. The molecule has 1 amide bonds. The number of hydrogen-bond donors (Lipinski definition) is 2. The summed E-state index contributed by atoms with van der Waals surface area (Å²) in [4.78, 5) is 15.5. The Balaban J connectivity index is 1.39. The zero-order valence-corrected chi connectivity index (χ0v) is 14.8. The molecular weight excluding hydrogens is 332 g/mol. The third-order valence-corrected chi connectivity index (χ3v) is 5.41. The molecule has 2 aromatic carbocycles. The molecule has 0 unspecified atom stereocenters. The van der Waals surface area contributed by atoms with E-state index in [1.54, 1.807) is 0 Å². The molecule has 1 saturated carbocycles. The fourth-order valence-electron chi connectivity index (χ4n) is 3.49. The van der Waals surface area contributed by atoms with Crippen molar-refractivity contribution in [3.05, 3.63) is 70.9 Å². The van der Waals surface area contributed by atoms with Gasteiger partial charge in [-0.15, -0.1) is 0 Å². The van der Waals surface area contributed by atoms with E-state index in [1.807, 2.05) is 30.3 Å². The number of hydrogen-bond acceptors (Lipinski definition) is 1. The maximum atomic E-state index is 12.2. The molecule has 0 bridgehead atoms. The summed E-state index contributed by atoms with van der Waals surface area (Å²) in [6.07, 6.45) is 5.61. The summed E-state index contributed by atoms with van der Waals surface area (Å²) in [5.74, 6) is 0.123. The van der Waals surface area contributed by atoms with Gasteiger partial charge in [-0.25, -0.2) is 0 Å². The molecule has 1 fully saturated rings. The number of fused-ring (bicyclic) bond motifs is 1. The first-order valence-corrected chi connectivity index (χ1v) is 9.12. The van der Waals surface area contributed by atoms with Crippen LogP contribution in [0.1, 0.15) is 30.4 Å². The summed E-state index contributed by atoms with van der Waals surface area (Å²) < 4.78 is 0. The fraction of sp³-hybridized carbons (Fsp3) is 0.286. The normalized spacial score (nSPS) is 15.2. The third kappa shape index (κ3) is 3.42. The summed E-state index contributed by atoms with van der Waals surface area (Å²) in [6, 6.07) is 16.1. The second-order valence-corrected chi connectivity index (χ2v) is 7.37. The number of carbonyl (C=O) groups excluding carboxylic acids is 1. The Hall–Kier alpha value is -2.26. The standard InChI is InChI=1S/C21H21ClN2O/c22-16-7-8-17-18(13-23-19(17)12-16)21(10-11-21)14-24-20(25)9-6-15-4-2-1-3-5-15/h1-5,7-8,12-13,23H,6,9-11,14H2,(H,24,25). The lowest BCUT2D eigenvalue weighted by Crippen LogP contribution is -2.32. The summed E-state index contributed by atoms with van der Waals surface area (Å²) in [5.41, 5.74) is 3.63. The van der Waals surface area contributed by atoms with E-state index < -0.39 is 0 Å². The highest BCUT2D eigenvalue weighted by Gasteiger charge is 2.45. The van der Waals surface area contributed by atoms with Crippen molar-refractivity contribution < 1.29 is 4.79 Å². The number of benzene rings is 2. The molecule has 128 valence electrons. The minimum Gasteiger partial charge on any atom is -0.361 e. The van der Waals surface area contributed by atoms with Crippen molar-refractivity contribution in [2.75, 3.05) is 6.54 Å². The molecule has 1 aromatic heterocycles. The van der Waals surface area contributed by atoms with Crippen molar-refractivity contribution in [2.45, 2.75) is 31.1 Å². The molecule has 0 atom stereocenters. The lowest BCUT2D eigenvalue weighted by atomic mass is 9.95. The molecule has 1 aliphatic rings. The van der Waals surface area contributed by atoms with Gasteiger partial charge in [-0.1, -0.05) is 48.0 Å². The molecule has 3 aromatic rings. The Morgan fingerprint density at radius 2 is 1.96 bits per heavy atom. The van der Waals surface area contributed by atoms with E-state index in [9.17, 15) is 4.79 Å². The maximum Gasteiger partial charge on any atom is 0.220 e. The van der Waals surface area contributed by atoms with Crippen LogP contribution < -0.4 is 5.32 Å². The summed E-state index contributed by atoms with van der Waals surface area (Å²) in [5, 5.41) is 5.09. The number of aromatic amines is 1. The van der Waals surface area contributed by atoms with Gasteiger partial charge < -0.3 is 10.3 Å². The number of aryl methyl sites for hydroxylation is 1. The van der Waals surface area contributed by atoms with Crippen LogP contribution in [0.25, 0.3) is 10.9 Å². The van der Waals surface area contributed by atoms with Crippen LogP contribution >= 0.6 is 11.6 Å². The highest BCUT2D eigenvalue weighted by Crippen LogP contribution is 2.50. The molecule has 4 heteroatoms. The van der Waals surface area contributed by atoms with E-state index in [2.05, 4.69) is 34.7 Å². The average molecular weight is 353 g/mol. The lowest BCUT2D eigenvalue weighted by molar-refractivity contribution is -0.121. The molecule has 0 saturated heterocycles. The summed E-state index contributed by atoms with van der Waals surface area (Å²) >= 11 is 6.07. The van der Waals surface area contributed by atoms with Crippen LogP contribution in [-0.4, -0.2) is 17.4 Å². The van der Waals surface area contributed by atoms with Gasteiger partial charge in [0, 0.05) is 40.5 Å². The highest BCUT2D eigenvalue weighted by molar-refractivity contribution is 6.31. The van der Waals surface area contributed by atoms with E-state index in [1.165, 1.54) is 16.5 Å². The fourth-order valence-corrected chi connectivity index (χ4v) is 3.66. The largest absolute Gasteiger partial charge is 0.361 e. The molecule has 0 aliphatic heterocycles. The second-order valence-electron chi connectivity index (χ2n) is 6.93. The lowest BCUT2D eigenvalue weighted by Gasteiger charge is -2.16. The first kappa shape index (κ1) is 16.2. The predicted molar refractivity (Wildman–Crippen MR) is 102 cm³/mol. The van der Waals surface area contributed by atoms with Crippen LogP contribution in [0.15, 0.2) is 54.7 Å². The minimum absolute atomic E-state index is 0.0779. The molecule has 1 heterocycles. The van der Waals surface area contributed by atoms with Crippen molar-refractivity contribution in [2.24, 2.45) is 0 Å². The van der Waals surface area contributed by atoms with Crippen LogP contribution in [0, 0.1) is 0 Å². The zero-order chi connectivity index (χ0) is 17.3. The van der Waals surface area contributed by atoms with Crippen molar-refractivity contribution in [3.63, 3.8) is 0 Å². The second kappa shape index (κ2) is 6.57. The minimum atomic E-state index is 0.0779. The van der Waals surface area contributed by atoms with E-state index in [4.69, 9.17) is 11.6 Å². The Bertz CT molecular complexity index is 897. The third-order valence-electron chi connectivity index (χ3n) is 5.18. The monoisotopic (exact) mass is 352 g/mol. The number of amides is 1. The van der Waals surface area contributed by atoms with Gasteiger partial charge in [-0.3, -0.25) is 4.79 Å². The zero-order valence-electron chi connectivity index (χ0n) is 14.0. The number of rotatable bonds is 6. The van der Waals surface area contributed by atoms with E-state index in [-0.39, 0.29) is 11.3 Å². The first-order chi connectivity index (χ1) is 12.2. The number of carbonyl (C=O) groups is 1. The average Bonchev–Trinajstić information content (AvgIpc) is 3.31. The van der Waals surface area contributed by atoms with Crippen molar-refractivity contribution in [1.29, 1.82) is 0 Å². The Kier molecular flexibility index (Phi) is 4.26. The number of halogens is 1. The van der Waals surface area contributed by atoms with E-state index in [0.29, 0.717) is 13.0 Å². The van der Waals surface area contributed by atoms with Crippen LogP contribution in [0.4, 0.5) is 0 Å². The van der Waals surface area contributed by atoms with Gasteiger partial charge in [0.05, 0.1) is 0 Å². The Morgan fingerprint density at radius 3 is 2.72 bits per heavy atom. The Labute approximate surface area is 152 Å². The van der Waals surface area contributed by atoms with Crippen LogP contribution in [0.3, 0.4) is 0 Å². The highest BCUT2D eigenvalue weighted by atomic mass is 35.5. The first-order valence-electron chi connectivity index (χ1n) is 8.74. The number of H-pyrrole nitrogens is 1. The molecule has 25 heavy (non-hydrogen) atoms. The van der Waals surface area contributed by atoms with Crippen LogP contribution in [0.2, 0.25) is 5.02 Å². The SMILES string of the molecule is O=C(CCc1ccccc1)NCC1(c2c[nH]c3cc(Cl)ccc23)CC1. The molecular formula is C21H21ClN2O. The van der Waals surface area contributed by atoms with Crippen molar-refractivity contribution >= 4 is 28.4 Å². The summed E-state index contributed by atoms with van der Waals surface area (Å²) in [6.45, 7) is 0.705. The molecule has 3 nitrogen and oxygen atoms in total. The van der Waals surface area contributed by atoms with Crippen molar-refractivity contribution in [1.82, 2.24) is 10.3 Å². The molecule has 0 spiro atoms. The molecule has 0 radical (unpaired) electrons. The van der Waals surface area contributed by atoms with Crippen LogP contribution in [-0.2, 0) is 16.6 Å². The van der Waals surface area contributed by atoms with Crippen LogP contribution in [0.5, 0.6) is 0 Å². The van der Waals surface area contributed by atoms with Gasteiger partial charge >= 0.3 is 0 Å². The van der Waals surface area contributed by atoms with Crippen molar-refractivity contribution in [3.8, 4) is 0 Å². The Morgan fingerprint density at radius 1 is 1.16 bits per heavy atom. The van der Waals surface area contributed by atoms with Gasteiger partial charge in [0.2, 0.25) is 5.91 Å². The quantitative estimate of drug-likeness (QED) is 0.669. The molecule has 1 aliphatic carbocycles. The van der Waals surface area contributed by atoms with Gasteiger partial charge in [-0.05, 0) is 42.5 Å². The van der Waals surface area contributed by atoms with Gasteiger partial charge in [0.25, 0.3) is 0 Å². The van der Waals surface area contributed by atoms with Gasteiger partial charge in [0.15, 0.2) is 0 Å². The number of aromatic nitrogens is 1. The van der Waals surface area contributed by atoms with Gasteiger partial charge in [-0.2, -0.15) is 0 Å². The van der Waals surface area contributed by atoms with Gasteiger partial charge in [0.1, 0.15) is 0 Å². The molecule has 2 N–H and O–H groups in total. The van der Waals surface area contributed by atoms with E-state index in [0.717, 1.165) is 29.8 Å². The molecule has 4 rings (SSSR count). The topological polar surface area (TPSA) is 44.9 Å². The predicted octanol–water partition coefficient (Wildman–Crippen LogP) is 4.60. The summed E-state index contributed by atoms with van der Waals surface area (Å²) in [7, 11) is 0. The maximum absolute atomic E-state index is 12.2. The smallest absolute Gasteiger partial charge is 0.220 e.